The first-order valence-corrected chi connectivity index (χ1v) is 11.8. The standard InChI is InChI=1S/C14H21BrClN3OSi/c1-17-13-10(15)7-18-14-12(13)11(16)8-19(14)9-20-5-6-21(2,3)4/h7-8H,5-6,9H2,1-4H3,(H,17,18). The highest BCUT2D eigenvalue weighted by atomic mass is 79.9. The first-order valence-electron chi connectivity index (χ1n) is 6.92. The Labute approximate surface area is 140 Å². The number of pyridine rings is 1. The summed E-state index contributed by atoms with van der Waals surface area (Å²) in [4.78, 5) is 4.46. The molecule has 0 aliphatic carbocycles. The molecule has 2 aromatic rings. The quantitative estimate of drug-likeness (QED) is 0.568. The summed E-state index contributed by atoms with van der Waals surface area (Å²) >= 11 is 9.84. The smallest absolute Gasteiger partial charge is 0.145 e. The summed E-state index contributed by atoms with van der Waals surface area (Å²) in [6.45, 7) is 8.29. The highest BCUT2D eigenvalue weighted by molar-refractivity contribution is 9.10. The molecule has 0 radical (unpaired) electrons. The fraction of sp³-hybridized carbons (Fsp3) is 0.500. The van der Waals surface area contributed by atoms with E-state index in [0.29, 0.717) is 11.8 Å². The monoisotopic (exact) mass is 389 g/mol. The number of nitrogens with one attached hydrogen (secondary N) is 1. The second-order valence-electron chi connectivity index (χ2n) is 6.22. The second kappa shape index (κ2) is 6.69. The van der Waals surface area contributed by atoms with Gasteiger partial charge in [-0.1, -0.05) is 31.2 Å². The van der Waals surface area contributed by atoms with Gasteiger partial charge in [0.25, 0.3) is 0 Å². The normalized spacial score (nSPS) is 12.1. The minimum atomic E-state index is -1.06. The Morgan fingerprint density at radius 3 is 2.76 bits per heavy atom. The number of rotatable bonds is 6. The molecule has 0 fully saturated rings. The maximum atomic E-state index is 6.35. The van der Waals surface area contributed by atoms with Crippen molar-refractivity contribution < 1.29 is 4.74 Å². The van der Waals surface area contributed by atoms with Gasteiger partial charge in [-0.2, -0.15) is 0 Å². The number of anilines is 1. The highest BCUT2D eigenvalue weighted by Gasteiger charge is 2.15. The van der Waals surface area contributed by atoms with Gasteiger partial charge in [-0.15, -0.1) is 0 Å². The maximum Gasteiger partial charge on any atom is 0.145 e. The summed E-state index contributed by atoms with van der Waals surface area (Å²) in [6.07, 6.45) is 3.66. The van der Waals surface area contributed by atoms with E-state index < -0.39 is 8.07 Å². The van der Waals surface area contributed by atoms with Crippen molar-refractivity contribution in [2.45, 2.75) is 32.4 Å². The first kappa shape index (κ1) is 16.8. The third-order valence-electron chi connectivity index (χ3n) is 3.27. The number of halogens is 2. The van der Waals surface area contributed by atoms with Crippen LogP contribution < -0.4 is 5.32 Å². The van der Waals surface area contributed by atoms with Gasteiger partial charge in [-0.25, -0.2) is 4.98 Å². The van der Waals surface area contributed by atoms with Crippen molar-refractivity contribution in [3.8, 4) is 0 Å². The Morgan fingerprint density at radius 2 is 2.14 bits per heavy atom. The average Bonchev–Trinajstić information content (AvgIpc) is 2.71. The van der Waals surface area contributed by atoms with Gasteiger partial charge in [-0.3, -0.25) is 0 Å². The zero-order valence-corrected chi connectivity index (χ0v) is 16.2. The van der Waals surface area contributed by atoms with Gasteiger partial charge in [0, 0.05) is 34.1 Å². The van der Waals surface area contributed by atoms with E-state index >= 15 is 0 Å². The third kappa shape index (κ3) is 4.00. The minimum Gasteiger partial charge on any atom is -0.387 e. The van der Waals surface area contributed by atoms with E-state index in [1.165, 1.54) is 0 Å². The summed E-state index contributed by atoms with van der Waals surface area (Å²) in [5.74, 6) is 0. The molecule has 2 heterocycles. The predicted octanol–water partition coefficient (Wildman–Crippen LogP) is 4.81. The zero-order chi connectivity index (χ0) is 15.6. The lowest BCUT2D eigenvalue weighted by molar-refractivity contribution is 0.0899. The molecule has 1 N–H and O–H groups in total. The van der Waals surface area contributed by atoms with E-state index in [-0.39, 0.29) is 0 Å². The molecule has 0 saturated heterocycles. The number of hydrogen-bond acceptors (Lipinski definition) is 3. The Hall–Kier alpha value is -0.563. The molecule has 0 unspecified atom stereocenters. The summed E-state index contributed by atoms with van der Waals surface area (Å²) in [7, 11) is 0.814. The van der Waals surface area contributed by atoms with E-state index in [4.69, 9.17) is 16.3 Å². The Bertz CT molecular complexity index is 639. The van der Waals surface area contributed by atoms with Crippen LogP contribution >= 0.6 is 27.5 Å². The molecular formula is C14H21BrClN3OSi. The van der Waals surface area contributed by atoms with Crippen LogP contribution in [0.2, 0.25) is 30.7 Å². The summed E-state index contributed by atoms with van der Waals surface area (Å²) in [5.41, 5.74) is 1.78. The number of nitrogens with zero attached hydrogens (tertiary/aromatic N) is 2. The van der Waals surface area contributed by atoms with Gasteiger partial charge < -0.3 is 14.6 Å². The molecule has 21 heavy (non-hydrogen) atoms. The molecular weight excluding hydrogens is 370 g/mol. The number of aromatic nitrogens is 2. The molecule has 116 valence electrons. The van der Waals surface area contributed by atoms with E-state index in [0.717, 1.165) is 33.8 Å². The van der Waals surface area contributed by atoms with Crippen LogP contribution in [0.3, 0.4) is 0 Å². The fourth-order valence-corrected chi connectivity index (χ4v) is 3.62. The van der Waals surface area contributed by atoms with Crippen LogP contribution in [0.5, 0.6) is 0 Å². The molecule has 0 bridgehead atoms. The van der Waals surface area contributed by atoms with Gasteiger partial charge in [0.15, 0.2) is 0 Å². The van der Waals surface area contributed by atoms with Crippen molar-refractivity contribution in [2.24, 2.45) is 0 Å². The van der Waals surface area contributed by atoms with Crippen LogP contribution in [0.1, 0.15) is 0 Å². The average molecular weight is 391 g/mol. The van der Waals surface area contributed by atoms with Crippen molar-refractivity contribution in [3.05, 3.63) is 21.9 Å². The van der Waals surface area contributed by atoms with Gasteiger partial charge in [0.1, 0.15) is 12.4 Å². The van der Waals surface area contributed by atoms with Crippen molar-refractivity contribution >= 4 is 52.3 Å². The Kier molecular flexibility index (Phi) is 5.35. The van der Waals surface area contributed by atoms with E-state index in [2.05, 4.69) is 45.9 Å². The van der Waals surface area contributed by atoms with Gasteiger partial charge >= 0.3 is 0 Å². The van der Waals surface area contributed by atoms with Crippen molar-refractivity contribution in [2.75, 3.05) is 19.0 Å². The highest BCUT2D eigenvalue weighted by Crippen LogP contribution is 2.35. The van der Waals surface area contributed by atoms with Crippen molar-refractivity contribution in [3.63, 3.8) is 0 Å². The molecule has 0 saturated carbocycles. The first-order chi connectivity index (χ1) is 9.83. The van der Waals surface area contributed by atoms with Gasteiger partial charge in [0.2, 0.25) is 0 Å². The summed E-state index contributed by atoms with van der Waals surface area (Å²) in [6, 6.07) is 1.15. The number of fused-ring (bicyclic) bond motifs is 1. The molecule has 0 amide bonds. The molecule has 0 atom stereocenters. The van der Waals surface area contributed by atoms with Crippen LogP contribution in [-0.4, -0.2) is 31.3 Å². The van der Waals surface area contributed by atoms with E-state index in [9.17, 15) is 0 Å². The van der Waals surface area contributed by atoms with E-state index in [1.807, 2.05) is 17.8 Å². The number of hydrogen-bond donors (Lipinski definition) is 1. The molecule has 0 aromatic carbocycles. The molecule has 2 rings (SSSR count). The largest absolute Gasteiger partial charge is 0.387 e. The Balaban J connectivity index is 2.18. The van der Waals surface area contributed by atoms with Crippen LogP contribution in [0, 0.1) is 0 Å². The Morgan fingerprint density at radius 1 is 1.43 bits per heavy atom. The molecule has 0 aliphatic rings. The molecule has 0 aliphatic heterocycles. The summed E-state index contributed by atoms with van der Waals surface area (Å²) < 4.78 is 8.64. The molecule has 7 heteroatoms. The lowest BCUT2D eigenvalue weighted by atomic mass is 10.3. The lowest BCUT2D eigenvalue weighted by Gasteiger charge is -2.15. The van der Waals surface area contributed by atoms with Crippen LogP contribution in [0.4, 0.5) is 5.69 Å². The zero-order valence-electron chi connectivity index (χ0n) is 12.8. The topological polar surface area (TPSA) is 39.1 Å². The second-order valence-corrected chi connectivity index (χ2v) is 13.1. The molecule has 4 nitrogen and oxygen atoms in total. The van der Waals surface area contributed by atoms with Crippen LogP contribution in [-0.2, 0) is 11.5 Å². The lowest BCUT2D eigenvalue weighted by Crippen LogP contribution is -2.22. The molecule has 0 spiro atoms. The molecule has 2 aromatic heterocycles. The van der Waals surface area contributed by atoms with Crippen LogP contribution in [0.15, 0.2) is 16.9 Å². The van der Waals surface area contributed by atoms with Gasteiger partial charge in [0.05, 0.1) is 20.6 Å². The maximum absolute atomic E-state index is 6.35. The number of ether oxygens (including phenoxy) is 1. The summed E-state index contributed by atoms with van der Waals surface area (Å²) in [5, 5.41) is 4.76. The van der Waals surface area contributed by atoms with E-state index in [1.54, 1.807) is 6.20 Å². The van der Waals surface area contributed by atoms with Crippen LogP contribution in [0.25, 0.3) is 11.0 Å². The van der Waals surface area contributed by atoms with Gasteiger partial charge in [-0.05, 0) is 22.0 Å². The fourth-order valence-electron chi connectivity index (χ4n) is 2.07. The SMILES string of the molecule is CNc1c(Br)cnc2c1c(Cl)cn2COCC[Si](C)(C)C. The third-order valence-corrected chi connectivity index (χ3v) is 5.86. The predicted molar refractivity (Wildman–Crippen MR) is 96.1 cm³/mol. The minimum absolute atomic E-state index is 0.478. The van der Waals surface area contributed by atoms with Crippen molar-refractivity contribution in [1.29, 1.82) is 0 Å². The van der Waals surface area contributed by atoms with Crippen molar-refractivity contribution in [1.82, 2.24) is 9.55 Å².